The zero-order valence-corrected chi connectivity index (χ0v) is 10.6. The van der Waals surface area contributed by atoms with Crippen molar-refractivity contribution in [3.63, 3.8) is 0 Å². The van der Waals surface area contributed by atoms with Gasteiger partial charge in [-0.2, -0.15) is 0 Å². The van der Waals surface area contributed by atoms with E-state index in [0.717, 1.165) is 6.42 Å². The molecule has 1 fully saturated rings. The molecule has 1 aliphatic carbocycles. The molecule has 2 unspecified atom stereocenters. The Morgan fingerprint density at radius 2 is 2.12 bits per heavy atom. The van der Waals surface area contributed by atoms with Crippen LogP contribution < -0.4 is 10.5 Å². The molecule has 4 nitrogen and oxygen atoms in total. The van der Waals surface area contributed by atoms with Crippen LogP contribution in [0.5, 0.6) is 5.75 Å². The fraction of sp³-hybridized carbons (Fsp3) is 0.500. The van der Waals surface area contributed by atoms with Crippen molar-refractivity contribution in [2.24, 2.45) is 5.73 Å². The molecule has 0 aliphatic heterocycles. The number of rotatable bonds is 3. The Kier molecular flexibility index (Phi) is 3.40. The molecule has 0 saturated heterocycles. The molecule has 5 heteroatoms. The number of hydrogen-bond acceptors (Lipinski definition) is 4. The molecule has 94 valence electrons. The first-order valence-electron chi connectivity index (χ1n) is 5.67. The Morgan fingerprint density at radius 1 is 1.35 bits per heavy atom. The van der Waals surface area contributed by atoms with Gasteiger partial charge >= 0.3 is 0 Å². The summed E-state index contributed by atoms with van der Waals surface area (Å²) >= 11 is 0. The molecule has 0 amide bonds. The van der Waals surface area contributed by atoms with Gasteiger partial charge in [0.1, 0.15) is 5.75 Å². The standard InChI is InChI=1S/C12H17NO3S/c1-16-10-3-2-4-11(8-10)17(14,15)12-6-5-9(13)7-12/h2-4,8-9,12H,5-7,13H2,1H3. The maximum Gasteiger partial charge on any atom is 0.181 e. The van der Waals surface area contributed by atoms with Crippen molar-refractivity contribution in [1.29, 1.82) is 0 Å². The minimum absolute atomic E-state index is 0.0142. The van der Waals surface area contributed by atoms with Crippen LogP contribution in [0.1, 0.15) is 19.3 Å². The minimum Gasteiger partial charge on any atom is -0.497 e. The van der Waals surface area contributed by atoms with Crippen LogP contribution in [-0.4, -0.2) is 26.8 Å². The van der Waals surface area contributed by atoms with E-state index < -0.39 is 9.84 Å². The summed E-state index contributed by atoms with van der Waals surface area (Å²) in [4.78, 5) is 0.330. The van der Waals surface area contributed by atoms with Crippen LogP contribution in [0.25, 0.3) is 0 Å². The van der Waals surface area contributed by atoms with E-state index in [0.29, 0.717) is 23.5 Å². The van der Waals surface area contributed by atoms with E-state index in [2.05, 4.69) is 0 Å². The maximum absolute atomic E-state index is 12.3. The summed E-state index contributed by atoms with van der Waals surface area (Å²) in [7, 11) is -1.74. The number of methoxy groups -OCH3 is 1. The van der Waals surface area contributed by atoms with E-state index in [1.807, 2.05) is 0 Å². The highest BCUT2D eigenvalue weighted by Crippen LogP contribution is 2.30. The predicted molar refractivity (Wildman–Crippen MR) is 65.8 cm³/mol. The van der Waals surface area contributed by atoms with Gasteiger partial charge in [-0.3, -0.25) is 0 Å². The highest BCUT2D eigenvalue weighted by Gasteiger charge is 2.33. The lowest BCUT2D eigenvalue weighted by molar-refractivity contribution is 0.413. The van der Waals surface area contributed by atoms with Crippen LogP contribution in [-0.2, 0) is 9.84 Å². The van der Waals surface area contributed by atoms with Gasteiger partial charge in [-0.15, -0.1) is 0 Å². The summed E-state index contributed by atoms with van der Waals surface area (Å²) in [5, 5.41) is -0.343. The number of benzene rings is 1. The number of ether oxygens (including phenoxy) is 1. The minimum atomic E-state index is -3.26. The average Bonchev–Trinajstić information content (AvgIpc) is 2.76. The Labute approximate surface area is 102 Å². The Hall–Kier alpha value is -1.07. The molecule has 2 rings (SSSR count). The molecule has 17 heavy (non-hydrogen) atoms. The largest absolute Gasteiger partial charge is 0.497 e. The molecular formula is C12H17NO3S. The van der Waals surface area contributed by atoms with Crippen molar-refractivity contribution in [2.45, 2.75) is 35.4 Å². The van der Waals surface area contributed by atoms with Crippen molar-refractivity contribution < 1.29 is 13.2 Å². The summed E-state index contributed by atoms with van der Waals surface area (Å²) in [5.41, 5.74) is 5.77. The molecular weight excluding hydrogens is 238 g/mol. The van der Waals surface area contributed by atoms with Gasteiger partial charge in [0.05, 0.1) is 17.3 Å². The molecule has 1 aromatic carbocycles. The normalized spacial score (nSPS) is 24.8. The second-order valence-corrected chi connectivity index (χ2v) is 6.65. The quantitative estimate of drug-likeness (QED) is 0.885. The van der Waals surface area contributed by atoms with Gasteiger partial charge in [0.2, 0.25) is 0 Å². The molecule has 0 heterocycles. The first-order valence-corrected chi connectivity index (χ1v) is 7.22. The molecule has 2 atom stereocenters. The summed E-state index contributed by atoms with van der Waals surface area (Å²) in [5.74, 6) is 0.563. The van der Waals surface area contributed by atoms with Gasteiger partial charge in [-0.25, -0.2) is 8.42 Å². The second kappa shape index (κ2) is 4.66. The second-order valence-electron chi connectivity index (χ2n) is 4.42. The van der Waals surface area contributed by atoms with E-state index >= 15 is 0 Å². The third-order valence-corrected chi connectivity index (χ3v) is 5.45. The Bertz CT molecular complexity index is 498. The van der Waals surface area contributed by atoms with E-state index in [4.69, 9.17) is 10.5 Å². The number of nitrogens with two attached hydrogens (primary N) is 1. The first-order chi connectivity index (χ1) is 8.04. The van der Waals surface area contributed by atoms with Crippen molar-refractivity contribution in [2.75, 3.05) is 7.11 Å². The predicted octanol–water partition coefficient (Wildman–Crippen LogP) is 1.35. The maximum atomic E-state index is 12.3. The van der Waals surface area contributed by atoms with E-state index in [1.165, 1.54) is 7.11 Å². The molecule has 0 spiro atoms. The van der Waals surface area contributed by atoms with Crippen LogP contribution in [0.4, 0.5) is 0 Å². The average molecular weight is 255 g/mol. The lowest BCUT2D eigenvalue weighted by Gasteiger charge is -2.12. The van der Waals surface area contributed by atoms with Gasteiger partial charge < -0.3 is 10.5 Å². The Balaban J connectivity index is 2.31. The van der Waals surface area contributed by atoms with E-state index in [9.17, 15) is 8.42 Å². The molecule has 0 bridgehead atoms. The molecule has 1 saturated carbocycles. The lowest BCUT2D eigenvalue weighted by Crippen LogP contribution is -2.22. The molecule has 0 aromatic heterocycles. The van der Waals surface area contributed by atoms with Gasteiger partial charge in [0, 0.05) is 6.04 Å². The Morgan fingerprint density at radius 3 is 2.71 bits per heavy atom. The molecule has 2 N–H and O–H groups in total. The fourth-order valence-electron chi connectivity index (χ4n) is 2.23. The SMILES string of the molecule is COc1cccc(S(=O)(=O)C2CCC(N)C2)c1. The summed E-state index contributed by atoms with van der Waals surface area (Å²) in [6, 6.07) is 6.63. The zero-order valence-electron chi connectivity index (χ0n) is 9.80. The van der Waals surface area contributed by atoms with Gasteiger partial charge in [0.25, 0.3) is 0 Å². The molecule has 1 aliphatic rings. The van der Waals surface area contributed by atoms with Crippen LogP contribution in [0.2, 0.25) is 0 Å². The number of hydrogen-bond donors (Lipinski definition) is 1. The van der Waals surface area contributed by atoms with Crippen LogP contribution in [0, 0.1) is 0 Å². The third-order valence-electron chi connectivity index (χ3n) is 3.23. The topological polar surface area (TPSA) is 69.4 Å². The third kappa shape index (κ3) is 2.45. The first kappa shape index (κ1) is 12.4. The smallest absolute Gasteiger partial charge is 0.181 e. The van der Waals surface area contributed by atoms with E-state index in [1.54, 1.807) is 24.3 Å². The van der Waals surface area contributed by atoms with Crippen molar-refractivity contribution >= 4 is 9.84 Å². The van der Waals surface area contributed by atoms with Crippen LogP contribution in [0.15, 0.2) is 29.2 Å². The monoisotopic (exact) mass is 255 g/mol. The zero-order chi connectivity index (χ0) is 12.5. The highest BCUT2D eigenvalue weighted by molar-refractivity contribution is 7.92. The molecule has 0 radical (unpaired) electrons. The van der Waals surface area contributed by atoms with Gasteiger partial charge in [0.15, 0.2) is 9.84 Å². The van der Waals surface area contributed by atoms with Crippen molar-refractivity contribution in [3.8, 4) is 5.75 Å². The van der Waals surface area contributed by atoms with Crippen molar-refractivity contribution in [1.82, 2.24) is 0 Å². The number of sulfone groups is 1. The lowest BCUT2D eigenvalue weighted by atomic mass is 10.3. The fourth-order valence-corrected chi connectivity index (χ4v) is 4.11. The van der Waals surface area contributed by atoms with Gasteiger partial charge in [-0.05, 0) is 37.5 Å². The van der Waals surface area contributed by atoms with E-state index in [-0.39, 0.29) is 11.3 Å². The van der Waals surface area contributed by atoms with Crippen LogP contribution in [0.3, 0.4) is 0 Å². The molecule has 1 aromatic rings. The van der Waals surface area contributed by atoms with Gasteiger partial charge in [-0.1, -0.05) is 6.07 Å². The summed E-state index contributed by atoms with van der Waals surface area (Å²) in [6.07, 6.45) is 1.99. The van der Waals surface area contributed by atoms with Crippen molar-refractivity contribution in [3.05, 3.63) is 24.3 Å². The highest BCUT2D eigenvalue weighted by atomic mass is 32.2. The summed E-state index contributed by atoms with van der Waals surface area (Å²) < 4.78 is 29.7. The van der Waals surface area contributed by atoms with Crippen LogP contribution >= 0.6 is 0 Å². The summed E-state index contributed by atoms with van der Waals surface area (Å²) in [6.45, 7) is 0.